The SMILES string of the molecule is Cc1cc(C)c(C#N)c(SCc2noc(-c3ccccc3Cl)n2)n1. The molecule has 0 amide bonds. The summed E-state index contributed by atoms with van der Waals surface area (Å²) in [7, 11) is 0. The van der Waals surface area contributed by atoms with Gasteiger partial charge in [-0.2, -0.15) is 10.2 Å². The van der Waals surface area contributed by atoms with E-state index in [9.17, 15) is 5.26 Å². The Labute approximate surface area is 148 Å². The highest BCUT2D eigenvalue weighted by atomic mass is 35.5. The maximum absolute atomic E-state index is 9.30. The van der Waals surface area contributed by atoms with E-state index in [2.05, 4.69) is 21.2 Å². The summed E-state index contributed by atoms with van der Waals surface area (Å²) in [5, 5.41) is 14.5. The molecule has 2 heterocycles. The van der Waals surface area contributed by atoms with Gasteiger partial charge in [0.05, 0.1) is 21.9 Å². The van der Waals surface area contributed by atoms with Crippen molar-refractivity contribution in [2.24, 2.45) is 0 Å². The van der Waals surface area contributed by atoms with Gasteiger partial charge in [0.2, 0.25) is 0 Å². The van der Waals surface area contributed by atoms with Crippen LogP contribution in [0.15, 0.2) is 39.9 Å². The van der Waals surface area contributed by atoms with E-state index < -0.39 is 0 Å². The molecule has 2 aromatic heterocycles. The Morgan fingerprint density at radius 3 is 2.79 bits per heavy atom. The van der Waals surface area contributed by atoms with Gasteiger partial charge in [0.15, 0.2) is 5.82 Å². The second-order valence-corrected chi connectivity index (χ2v) is 6.53. The van der Waals surface area contributed by atoms with E-state index in [1.807, 2.05) is 38.1 Å². The van der Waals surface area contributed by atoms with E-state index in [1.54, 1.807) is 6.07 Å². The molecule has 0 bridgehead atoms. The van der Waals surface area contributed by atoms with Crippen LogP contribution < -0.4 is 0 Å². The second-order valence-electron chi connectivity index (χ2n) is 5.16. The van der Waals surface area contributed by atoms with Crippen LogP contribution in [0.25, 0.3) is 11.5 Å². The number of aromatic nitrogens is 3. The molecule has 0 aliphatic carbocycles. The Morgan fingerprint density at radius 2 is 2.04 bits per heavy atom. The molecule has 0 saturated carbocycles. The van der Waals surface area contributed by atoms with Crippen molar-refractivity contribution in [2.75, 3.05) is 0 Å². The van der Waals surface area contributed by atoms with Gasteiger partial charge in [0.1, 0.15) is 11.1 Å². The lowest BCUT2D eigenvalue weighted by Gasteiger charge is -2.05. The van der Waals surface area contributed by atoms with E-state index >= 15 is 0 Å². The molecule has 3 rings (SSSR count). The molecular formula is C17H13ClN4OS. The van der Waals surface area contributed by atoms with Crippen LogP contribution in [0.3, 0.4) is 0 Å². The number of rotatable bonds is 4. The summed E-state index contributed by atoms with van der Waals surface area (Å²) in [5.74, 6) is 1.36. The summed E-state index contributed by atoms with van der Waals surface area (Å²) >= 11 is 7.55. The molecule has 0 saturated heterocycles. The molecule has 0 atom stereocenters. The average Bonchev–Trinajstić information content (AvgIpc) is 3.01. The fourth-order valence-electron chi connectivity index (χ4n) is 2.23. The number of benzene rings is 1. The Hall–Kier alpha value is -2.36. The molecule has 0 spiro atoms. The maximum atomic E-state index is 9.30. The van der Waals surface area contributed by atoms with Crippen LogP contribution in [-0.2, 0) is 5.75 Å². The molecule has 120 valence electrons. The van der Waals surface area contributed by atoms with Crippen LogP contribution in [0.1, 0.15) is 22.6 Å². The number of hydrogen-bond donors (Lipinski definition) is 0. The standard InChI is InChI=1S/C17H13ClN4OS/c1-10-7-11(2)20-17(13(10)8-19)24-9-15-21-16(23-22-15)12-5-3-4-6-14(12)18/h3-7H,9H2,1-2H3. The normalized spacial score (nSPS) is 10.6. The van der Waals surface area contributed by atoms with Crippen molar-refractivity contribution in [3.8, 4) is 17.5 Å². The van der Waals surface area contributed by atoms with Crippen LogP contribution in [0, 0.1) is 25.2 Å². The van der Waals surface area contributed by atoms with Crippen molar-refractivity contribution < 1.29 is 4.52 Å². The third-order valence-electron chi connectivity index (χ3n) is 3.33. The molecule has 24 heavy (non-hydrogen) atoms. The van der Waals surface area contributed by atoms with E-state index in [-0.39, 0.29) is 0 Å². The third-order valence-corrected chi connectivity index (χ3v) is 4.63. The van der Waals surface area contributed by atoms with Gasteiger partial charge in [-0.1, -0.05) is 40.7 Å². The van der Waals surface area contributed by atoms with Crippen molar-refractivity contribution >= 4 is 23.4 Å². The lowest BCUT2D eigenvalue weighted by molar-refractivity contribution is 0.425. The van der Waals surface area contributed by atoms with Gasteiger partial charge in [-0.05, 0) is 37.6 Å². The molecule has 0 fully saturated rings. The fourth-order valence-corrected chi connectivity index (χ4v) is 3.39. The van der Waals surface area contributed by atoms with Crippen LogP contribution in [0.5, 0.6) is 0 Å². The number of aryl methyl sites for hydroxylation is 2. The van der Waals surface area contributed by atoms with E-state index in [1.165, 1.54) is 11.8 Å². The van der Waals surface area contributed by atoms with Crippen molar-refractivity contribution in [1.29, 1.82) is 5.26 Å². The van der Waals surface area contributed by atoms with Crippen molar-refractivity contribution in [3.63, 3.8) is 0 Å². The van der Waals surface area contributed by atoms with Crippen LogP contribution in [0.4, 0.5) is 0 Å². The molecule has 0 aliphatic rings. The quantitative estimate of drug-likeness (QED) is 0.637. The zero-order chi connectivity index (χ0) is 17.1. The number of hydrogen-bond acceptors (Lipinski definition) is 6. The highest BCUT2D eigenvalue weighted by Gasteiger charge is 2.14. The second kappa shape index (κ2) is 7.04. The first-order valence-corrected chi connectivity index (χ1v) is 8.53. The number of pyridine rings is 1. The molecular weight excluding hydrogens is 344 g/mol. The summed E-state index contributed by atoms with van der Waals surface area (Å²) < 4.78 is 5.28. The van der Waals surface area contributed by atoms with Gasteiger partial charge >= 0.3 is 0 Å². The van der Waals surface area contributed by atoms with Gasteiger partial charge in [-0.25, -0.2) is 4.98 Å². The topological polar surface area (TPSA) is 75.6 Å². The average molecular weight is 357 g/mol. The first-order valence-electron chi connectivity index (χ1n) is 7.17. The highest BCUT2D eigenvalue weighted by molar-refractivity contribution is 7.98. The Bertz CT molecular complexity index is 933. The predicted molar refractivity (Wildman–Crippen MR) is 92.7 cm³/mol. The molecule has 0 radical (unpaired) electrons. The molecule has 1 aromatic carbocycles. The van der Waals surface area contributed by atoms with Crippen LogP contribution >= 0.6 is 23.4 Å². The smallest absolute Gasteiger partial charge is 0.259 e. The minimum absolute atomic E-state index is 0.380. The first kappa shape index (κ1) is 16.5. The predicted octanol–water partition coefficient (Wildman–Crippen LogP) is 4.57. The molecule has 0 aliphatic heterocycles. The highest BCUT2D eigenvalue weighted by Crippen LogP contribution is 2.29. The van der Waals surface area contributed by atoms with Crippen molar-refractivity contribution in [1.82, 2.24) is 15.1 Å². The lowest BCUT2D eigenvalue weighted by Crippen LogP contribution is -1.95. The first-order chi connectivity index (χ1) is 11.6. The number of nitriles is 1. The van der Waals surface area contributed by atoms with Gasteiger partial charge in [-0.15, -0.1) is 0 Å². The summed E-state index contributed by atoms with van der Waals surface area (Å²) in [4.78, 5) is 8.80. The summed E-state index contributed by atoms with van der Waals surface area (Å²) in [6.45, 7) is 3.81. The molecule has 0 unspecified atom stereocenters. The van der Waals surface area contributed by atoms with E-state index in [4.69, 9.17) is 16.1 Å². The third kappa shape index (κ3) is 3.42. The number of thioether (sulfide) groups is 1. The Kier molecular flexibility index (Phi) is 4.84. The van der Waals surface area contributed by atoms with E-state index in [0.717, 1.165) is 11.3 Å². The Morgan fingerprint density at radius 1 is 1.25 bits per heavy atom. The van der Waals surface area contributed by atoms with Gasteiger partial charge in [0, 0.05) is 5.69 Å². The van der Waals surface area contributed by atoms with Crippen LogP contribution in [-0.4, -0.2) is 15.1 Å². The number of halogens is 1. The monoisotopic (exact) mass is 356 g/mol. The molecule has 7 heteroatoms. The molecule has 5 nitrogen and oxygen atoms in total. The van der Waals surface area contributed by atoms with Gasteiger partial charge in [0.25, 0.3) is 5.89 Å². The summed E-state index contributed by atoms with van der Waals surface area (Å²) in [6, 6.07) is 11.4. The van der Waals surface area contributed by atoms with Crippen molar-refractivity contribution in [2.45, 2.75) is 24.6 Å². The molecule has 0 N–H and O–H groups in total. The minimum atomic E-state index is 0.380. The molecule has 3 aromatic rings. The van der Waals surface area contributed by atoms with Crippen molar-refractivity contribution in [3.05, 3.63) is 58.0 Å². The summed E-state index contributed by atoms with van der Waals surface area (Å²) in [6.07, 6.45) is 0. The zero-order valence-electron chi connectivity index (χ0n) is 13.1. The Balaban J connectivity index is 1.80. The maximum Gasteiger partial charge on any atom is 0.259 e. The lowest BCUT2D eigenvalue weighted by atomic mass is 10.1. The van der Waals surface area contributed by atoms with E-state index in [0.29, 0.717) is 38.6 Å². The van der Waals surface area contributed by atoms with Gasteiger partial charge < -0.3 is 4.52 Å². The minimum Gasteiger partial charge on any atom is -0.334 e. The van der Waals surface area contributed by atoms with Crippen LogP contribution in [0.2, 0.25) is 5.02 Å². The fraction of sp³-hybridized carbons (Fsp3) is 0.176. The van der Waals surface area contributed by atoms with Gasteiger partial charge in [-0.3, -0.25) is 0 Å². The summed E-state index contributed by atoms with van der Waals surface area (Å²) in [5.41, 5.74) is 3.07. The largest absolute Gasteiger partial charge is 0.334 e. The number of nitrogens with zero attached hydrogens (tertiary/aromatic N) is 4. The zero-order valence-corrected chi connectivity index (χ0v) is 14.6.